The van der Waals surface area contributed by atoms with Crippen LogP contribution in [0.25, 0.3) is 0 Å². The van der Waals surface area contributed by atoms with Gasteiger partial charge < -0.3 is 9.84 Å². The van der Waals surface area contributed by atoms with Gasteiger partial charge in [-0.3, -0.25) is 9.59 Å². The molecule has 0 heterocycles. The van der Waals surface area contributed by atoms with Crippen LogP contribution in [-0.2, 0) is 14.3 Å². The Morgan fingerprint density at radius 1 is 1.33 bits per heavy atom. The van der Waals surface area contributed by atoms with Crippen LogP contribution in [0.3, 0.4) is 0 Å². The first-order valence-electron chi connectivity index (χ1n) is 10.8. The lowest BCUT2D eigenvalue weighted by molar-refractivity contribution is -0.167. The van der Waals surface area contributed by atoms with Crippen LogP contribution in [0.5, 0.6) is 0 Å². The Labute approximate surface area is 163 Å². The van der Waals surface area contributed by atoms with E-state index in [1.807, 2.05) is 6.92 Å². The van der Waals surface area contributed by atoms with E-state index in [1.165, 1.54) is 6.92 Å². The van der Waals surface area contributed by atoms with Gasteiger partial charge in [-0.1, -0.05) is 33.3 Å². The SMILES string of the molecule is C=C1C2CCC3C(C)C(C(C)(CCCC)C(=O)O)CCC3(C2)C1OC(C)=O. The Morgan fingerprint density at radius 2 is 2.04 bits per heavy atom. The number of carbonyl (C=O) groups excluding carboxylic acids is 1. The highest BCUT2D eigenvalue weighted by molar-refractivity contribution is 5.74. The summed E-state index contributed by atoms with van der Waals surface area (Å²) in [5, 5.41) is 10.1. The van der Waals surface area contributed by atoms with Gasteiger partial charge in [-0.05, 0) is 74.7 Å². The number of carboxylic acid groups (broad SMARTS) is 1. The van der Waals surface area contributed by atoms with Crippen molar-refractivity contribution in [1.82, 2.24) is 0 Å². The molecule has 7 atom stereocenters. The summed E-state index contributed by atoms with van der Waals surface area (Å²) in [6.07, 6.45) is 7.66. The summed E-state index contributed by atoms with van der Waals surface area (Å²) in [6.45, 7) is 12.1. The van der Waals surface area contributed by atoms with Crippen molar-refractivity contribution in [3.8, 4) is 0 Å². The van der Waals surface area contributed by atoms with Crippen LogP contribution in [0.4, 0.5) is 0 Å². The van der Waals surface area contributed by atoms with Crippen LogP contribution >= 0.6 is 0 Å². The second-order valence-electron chi connectivity index (χ2n) is 9.71. The normalized spacial score (nSPS) is 40.1. The molecular weight excluding hydrogens is 340 g/mol. The molecule has 0 aromatic carbocycles. The summed E-state index contributed by atoms with van der Waals surface area (Å²) >= 11 is 0. The predicted molar refractivity (Wildman–Crippen MR) is 105 cm³/mol. The second kappa shape index (κ2) is 7.25. The highest BCUT2D eigenvalue weighted by Crippen LogP contribution is 2.66. The number of hydrogen-bond acceptors (Lipinski definition) is 3. The maximum atomic E-state index is 12.3. The van der Waals surface area contributed by atoms with Gasteiger partial charge >= 0.3 is 11.9 Å². The average Bonchev–Trinajstić information content (AvgIpc) is 2.80. The first kappa shape index (κ1) is 20.4. The monoisotopic (exact) mass is 376 g/mol. The zero-order valence-corrected chi connectivity index (χ0v) is 17.4. The fourth-order valence-electron chi connectivity index (χ4n) is 7.01. The Balaban J connectivity index is 1.91. The van der Waals surface area contributed by atoms with Gasteiger partial charge in [0.05, 0.1) is 5.41 Å². The van der Waals surface area contributed by atoms with E-state index in [1.54, 1.807) is 0 Å². The molecule has 27 heavy (non-hydrogen) atoms. The van der Waals surface area contributed by atoms with E-state index in [0.29, 0.717) is 17.8 Å². The van der Waals surface area contributed by atoms with Crippen LogP contribution in [0, 0.1) is 34.5 Å². The third-order valence-corrected chi connectivity index (χ3v) is 8.40. The van der Waals surface area contributed by atoms with E-state index in [9.17, 15) is 14.7 Å². The molecule has 3 rings (SSSR count). The van der Waals surface area contributed by atoms with Crippen LogP contribution in [0.15, 0.2) is 12.2 Å². The first-order valence-corrected chi connectivity index (χ1v) is 10.8. The summed E-state index contributed by atoms with van der Waals surface area (Å²) < 4.78 is 5.82. The number of aliphatic carboxylic acids is 1. The number of carboxylic acids is 1. The molecule has 152 valence electrons. The van der Waals surface area contributed by atoms with Gasteiger partial charge in [-0.2, -0.15) is 0 Å². The predicted octanol–water partition coefficient (Wildman–Crippen LogP) is 5.22. The standard InChI is InChI=1S/C23H36O4/c1-6-7-11-22(5,21(25)26)18-10-12-23-13-17(8-9-19(23)15(18)3)14(2)20(23)27-16(4)24/h15,17-20H,2,6-13H2,1,3-5H3,(H,25,26). The molecular formula is C23H36O4. The van der Waals surface area contributed by atoms with Gasteiger partial charge in [0.15, 0.2) is 0 Å². The van der Waals surface area contributed by atoms with E-state index >= 15 is 0 Å². The van der Waals surface area contributed by atoms with Crippen molar-refractivity contribution in [2.75, 3.05) is 0 Å². The summed E-state index contributed by atoms with van der Waals surface area (Å²) in [5.41, 5.74) is 0.414. The van der Waals surface area contributed by atoms with Crippen molar-refractivity contribution < 1.29 is 19.4 Å². The van der Waals surface area contributed by atoms with Crippen molar-refractivity contribution in [3.05, 3.63) is 12.2 Å². The molecule has 0 aromatic heterocycles. The molecule has 4 nitrogen and oxygen atoms in total. The fourth-order valence-corrected chi connectivity index (χ4v) is 7.01. The molecule has 3 saturated carbocycles. The fraction of sp³-hybridized carbons (Fsp3) is 0.826. The number of unbranched alkanes of at least 4 members (excludes halogenated alkanes) is 1. The highest BCUT2D eigenvalue weighted by Gasteiger charge is 2.63. The molecule has 0 amide bonds. The van der Waals surface area contributed by atoms with Crippen molar-refractivity contribution in [2.24, 2.45) is 34.5 Å². The van der Waals surface area contributed by atoms with Gasteiger partial charge in [0.2, 0.25) is 0 Å². The van der Waals surface area contributed by atoms with Crippen molar-refractivity contribution in [2.45, 2.75) is 85.2 Å². The quantitative estimate of drug-likeness (QED) is 0.510. The van der Waals surface area contributed by atoms with Crippen LogP contribution in [-0.4, -0.2) is 23.1 Å². The van der Waals surface area contributed by atoms with Gasteiger partial charge in [0.1, 0.15) is 6.10 Å². The topological polar surface area (TPSA) is 63.6 Å². The van der Waals surface area contributed by atoms with Crippen molar-refractivity contribution >= 4 is 11.9 Å². The minimum Gasteiger partial charge on any atom is -0.481 e. The van der Waals surface area contributed by atoms with Crippen molar-refractivity contribution in [1.29, 1.82) is 0 Å². The third-order valence-electron chi connectivity index (χ3n) is 8.40. The zero-order chi connectivity index (χ0) is 20.0. The van der Waals surface area contributed by atoms with E-state index in [4.69, 9.17) is 4.74 Å². The Morgan fingerprint density at radius 3 is 2.63 bits per heavy atom. The molecule has 0 aromatic rings. The van der Waals surface area contributed by atoms with Crippen LogP contribution in [0.2, 0.25) is 0 Å². The molecule has 0 saturated heterocycles. The van der Waals surface area contributed by atoms with Crippen LogP contribution < -0.4 is 0 Å². The molecule has 3 aliphatic rings. The number of fused-ring (bicyclic) bond motifs is 1. The molecule has 4 heteroatoms. The van der Waals surface area contributed by atoms with Crippen molar-refractivity contribution in [3.63, 3.8) is 0 Å². The summed E-state index contributed by atoms with van der Waals surface area (Å²) in [4.78, 5) is 24.0. The number of hydrogen-bond donors (Lipinski definition) is 1. The van der Waals surface area contributed by atoms with E-state index in [2.05, 4.69) is 20.4 Å². The highest BCUT2D eigenvalue weighted by atomic mass is 16.5. The minimum absolute atomic E-state index is 0.0221. The van der Waals surface area contributed by atoms with Gasteiger partial charge in [0, 0.05) is 12.3 Å². The smallest absolute Gasteiger partial charge is 0.309 e. The summed E-state index contributed by atoms with van der Waals surface area (Å²) in [5.74, 6) is 0.499. The van der Waals surface area contributed by atoms with Gasteiger partial charge in [0.25, 0.3) is 0 Å². The van der Waals surface area contributed by atoms with E-state index in [0.717, 1.165) is 56.9 Å². The second-order valence-corrected chi connectivity index (χ2v) is 9.71. The zero-order valence-electron chi connectivity index (χ0n) is 17.4. The lowest BCUT2D eigenvalue weighted by Gasteiger charge is -2.55. The Bertz CT molecular complexity index is 626. The molecule has 1 spiro atoms. The van der Waals surface area contributed by atoms with Crippen LogP contribution in [0.1, 0.15) is 79.1 Å². The number of esters is 1. The number of carbonyl (C=O) groups is 2. The third kappa shape index (κ3) is 3.13. The largest absolute Gasteiger partial charge is 0.481 e. The maximum absolute atomic E-state index is 12.3. The molecule has 0 aliphatic heterocycles. The lowest BCUT2D eigenvalue weighted by atomic mass is 9.49. The first-order chi connectivity index (χ1) is 12.7. The summed E-state index contributed by atoms with van der Waals surface area (Å²) in [6, 6.07) is 0. The Hall–Kier alpha value is -1.32. The number of ether oxygens (including phenoxy) is 1. The van der Waals surface area contributed by atoms with Gasteiger partial charge in [-0.25, -0.2) is 0 Å². The molecule has 2 bridgehead atoms. The number of rotatable bonds is 6. The molecule has 7 unspecified atom stereocenters. The van der Waals surface area contributed by atoms with E-state index in [-0.39, 0.29) is 23.4 Å². The lowest BCUT2D eigenvalue weighted by Crippen LogP contribution is -2.53. The summed E-state index contributed by atoms with van der Waals surface area (Å²) in [7, 11) is 0. The molecule has 3 fully saturated rings. The molecule has 3 aliphatic carbocycles. The minimum atomic E-state index is -0.666. The molecule has 1 N–H and O–H groups in total. The van der Waals surface area contributed by atoms with E-state index < -0.39 is 11.4 Å². The average molecular weight is 377 g/mol. The molecule has 0 radical (unpaired) electrons. The Kier molecular flexibility index (Phi) is 5.48. The maximum Gasteiger partial charge on any atom is 0.309 e. The van der Waals surface area contributed by atoms with Gasteiger partial charge in [-0.15, -0.1) is 0 Å².